The van der Waals surface area contributed by atoms with Crippen molar-refractivity contribution in [2.45, 2.75) is 6.04 Å². The molecule has 1 amide bonds. The van der Waals surface area contributed by atoms with Gasteiger partial charge in [0.05, 0.1) is 18.7 Å². The third-order valence-corrected chi connectivity index (χ3v) is 5.57. The number of fused-ring (bicyclic) bond motifs is 1. The SMILES string of the molecule is COc1cccc(C2/C(=C(\O)c3ccc4c(c3)OCCO4)C(=O)C(=O)N2c2ccccn2)c1. The zero-order valence-electron chi connectivity index (χ0n) is 17.7. The lowest BCUT2D eigenvalue weighted by atomic mass is 9.95. The second kappa shape index (κ2) is 8.31. The molecule has 1 unspecified atom stereocenters. The van der Waals surface area contributed by atoms with Crippen molar-refractivity contribution in [1.29, 1.82) is 0 Å². The van der Waals surface area contributed by atoms with E-state index in [9.17, 15) is 14.7 Å². The molecule has 1 atom stereocenters. The molecule has 0 radical (unpaired) electrons. The lowest BCUT2D eigenvalue weighted by Gasteiger charge is -2.25. The number of rotatable bonds is 4. The number of hydrogen-bond acceptors (Lipinski definition) is 7. The summed E-state index contributed by atoms with van der Waals surface area (Å²) in [5.74, 6) is -0.0246. The minimum absolute atomic E-state index is 0.0458. The van der Waals surface area contributed by atoms with E-state index in [-0.39, 0.29) is 11.3 Å². The molecule has 1 aromatic heterocycles. The fourth-order valence-corrected chi connectivity index (χ4v) is 4.04. The van der Waals surface area contributed by atoms with E-state index in [1.54, 1.807) is 60.7 Å². The molecule has 0 aliphatic carbocycles. The molecule has 8 heteroatoms. The predicted octanol–water partition coefficient (Wildman–Crippen LogP) is 3.49. The Labute approximate surface area is 189 Å². The average molecular weight is 444 g/mol. The molecule has 166 valence electrons. The lowest BCUT2D eigenvalue weighted by Crippen LogP contribution is -2.30. The van der Waals surface area contributed by atoms with Crippen LogP contribution in [0, 0.1) is 0 Å². The molecule has 0 spiro atoms. The number of aliphatic hydroxyl groups excluding tert-OH is 1. The predicted molar refractivity (Wildman–Crippen MR) is 119 cm³/mol. The van der Waals surface area contributed by atoms with Gasteiger partial charge < -0.3 is 19.3 Å². The molecule has 2 aliphatic heterocycles. The maximum absolute atomic E-state index is 13.2. The van der Waals surface area contributed by atoms with Crippen LogP contribution in [0.5, 0.6) is 17.2 Å². The standard InChI is InChI=1S/C25H20N2O6/c1-31-17-6-4-5-15(13-17)22-21(24(29)25(30)27(22)20-7-2-3-10-26-20)23(28)16-8-9-18-19(14-16)33-12-11-32-18/h2-10,13-14,22,28H,11-12H2,1H3/b23-21+. The van der Waals surface area contributed by atoms with E-state index in [1.165, 1.54) is 18.2 Å². The summed E-state index contributed by atoms with van der Waals surface area (Å²) >= 11 is 0. The van der Waals surface area contributed by atoms with Gasteiger partial charge in [-0.25, -0.2) is 4.98 Å². The van der Waals surface area contributed by atoms with Gasteiger partial charge in [0.2, 0.25) is 0 Å². The highest BCUT2D eigenvalue weighted by Gasteiger charge is 2.47. The number of ketones is 1. The van der Waals surface area contributed by atoms with Gasteiger partial charge >= 0.3 is 5.91 Å². The number of carbonyl (C=O) groups is 2. The van der Waals surface area contributed by atoms with E-state index in [2.05, 4.69) is 4.98 Å². The number of aromatic nitrogens is 1. The van der Waals surface area contributed by atoms with Crippen LogP contribution in [-0.4, -0.2) is 42.1 Å². The first-order valence-electron chi connectivity index (χ1n) is 10.3. The molecule has 1 fully saturated rings. The summed E-state index contributed by atoms with van der Waals surface area (Å²) in [5.41, 5.74) is 0.889. The van der Waals surface area contributed by atoms with Crippen molar-refractivity contribution in [2.75, 3.05) is 25.2 Å². The second-order valence-electron chi connectivity index (χ2n) is 7.49. The average Bonchev–Trinajstić information content (AvgIpc) is 3.14. The van der Waals surface area contributed by atoms with Crippen LogP contribution in [0.4, 0.5) is 5.82 Å². The Morgan fingerprint density at radius 1 is 1.03 bits per heavy atom. The molecule has 33 heavy (non-hydrogen) atoms. The maximum Gasteiger partial charge on any atom is 0.301 e. The van der Waals surface area contributed by atoms with Crippen LogP contribution in [0.15, 0.2) is 72.4 Å². The summed E-state index contributed by atoms with van der Waals surface area (Å²) in [6.07, 6.45) is 1.54. The van der Waals surface area contributed by atoms with Gasteiger partial charge in [0, 0.05) is 11.8 Å². The zero-order valence-corrected chi connectivity index (χ0v) is 17.7. The highest BCUT2D eigenvalue weighted by molar-refractivity contribution is 6.51. The van der Waals surface area contributed by atoms with E-state index in [0.717, 1.165) is 0 Å². The number of anilines is 1. The number of nitrogens with zero attached hydrogens (tertiary/aromatic N) is 2. The van der Waals surface area contributed by atoms with Gasteiger partial charge in [0.15, 0.2) is 11.5 Å². The Kier molecular flexibility index (Phi) is 5.18. The summed E-state index contributed by atoms with van der Waals surface area (Å²) in [7, 11) is 1.53. The van der Waals surface area contributed by atoms with Gasteiger partial charge in [-0.05, 0) is 48.0 Å². The fraction of sp³-hybridized carbons (Fsp3) is 0.160. The van der Waals surface area contributed by atoms with Crippen molar-refractivity contribution in [2.24, 2.45) is 0 Å². The van der Waals surface area contributed by atoms with Gasteiger partial charge in [-0.1, -0.05) is 18.2 Å². The molecular weight excluding hydrogens is 424 g/mol. The molecule has 0 saturated carbocycles. The highest BCUT2D eigenvalue weighted by atomic mass is 16.6. The molecule has 1 N–H and O–H groups in total. The fourth-order valence-electron chi connectivity index (χ4n) is 4.04. The van der Waals surface area contributed by atoms with Crippen LogP contribution < -0.4 is 19.1 Å². The molecule has 2 aliphatic rings. The molecule has 3 heterocycles. The molecule has 0 bridgehead atoms. The van der Waals surface area contributed by atoms with Crippen molar-refractivity contribution in [3.05, 3.63) is 83.6 Å². The van der Waals surface area contributed by atoms with Crippen molar-refractivity contribution in [3.8, 4) is 17.2 Å². The monoisotopic (exact) mass is 444 g/mol. The quantitative estimate of drug-likeness (QED) is 0.374. The second-order valence-corrected chi connectivity index (χ2v) is 7.49. The highest BCUT2D eigenvalue weighted by Crippen LogP contribution is 2.43. The van der Waals surface area contributed by atoms with Gasteiger partial charge in [0.1, 0.15) is 30.5 Å². The Morgan fingerprint density at radius 3 is 2.61 bits per heavy atom. The smallest absolute Gasteiger partial charge is 0.301 e. The van der Waals surface area contributed by atoms with Crippen molar-refractivity contribution in [3.63, 3.8) is 0 Å². The number of methoxy groups -OCH3 is 1. The van der Waals surface area contributed by atoms with Crippen LogP contribution in [-0.2, 0) is 9.59 Å². The van der Waals surface area contributed by atoms with Gasteiger partial charge in [-0.15, -0.1) is 0 Å². The normalized spacial score (nSPS) is 18.9. The van der Waals surface area contributed by atoms with Crippen molar-refractivity contribution in [1.82, 2.24) is 4.98 Å². The van der Waals surface area contributed by atoms with Crippen molar-refractivity contribution >= 4 is 23.3 Å². The number of Topliss-reactive ketones (excluding diaryl/α,β-unsaturated/α-hetero) is 1. The summed E-state index contributed by atoms with van der Waals surface area (Å²) in [6, 6.07) is 16.1. The summed E-state index contributed by atoms with van der Waals surface area (Å²) in [5, 5.41) is 11.3. The number of benzene rings is 2. The number of amides is 1. The molecule has 2 aromatic carbocycles. The van der Waals surface area contributed by atoms with Gasteiger partial charge in [-0.2, -0.15) is 0 Å². The number of pyridine rings is 1. The van der Waals surface area contributed by atoms with E-state index in [0.29, 0.717) is 47.4 Å². The first-order valence-corrected chi connectivity index (χ1v) is 10.3. The van der Waals surface area contributed by atoms with E-state index in [1.807, 2.05) is 0 Å². The minimum Gasteiger partial charge on any atom is -0.507 e. The van der Waals surface area contributed by atoms with E-state index >= 15 is 0 Å². The molecular formula is C25H20N2O6. The van der Waals surface area contributed by atoms with Crippen LogP contribution in [0.25, 0.3) is 5.76 Å². The first kappa shape index (κ1) is 20.6. The Morgan fingerprint density at radius 2 is 1.85 bits per heavy atom. The van der Waals surface area contributed by atoms with E-state index < -0.39 is 17.7 Å². The number of carbonyl (C=O) groups excluding carboxylic acids is 2. The van der Waals surface area contributed by atoms with Crippen molar-refractivity contribution < 1.29 is 28.9 Å². The van der Waals surface area contributed by atoms with Gasteiger partial charge in [-0.3, -0.25) is 14.5 Å². The number of hydrogen-bond donors (Lipinski definition) is 1. The molecule has 5 rings (SSSR count). The summed E-state index contributed by atoms with van der Waals surface area (Å²) in [4.78, 5) is 31.9. The zero-order chi connectivity index (χ0) is 22.9. The third kappa shape index (κ3) is 3.55. The Balaban J connectivity index is 1.70. The van der Waals surface area contributed by atoms with Crippen LogP contribution in [0.1, 0.15) is 17.2 Å². The van der Waals surface area contributed by atoms with Crippen LogP contribution in [0.3, 0.4) is 0 Å². The molecule has 1 saturated heterocycles. The minimum atomic E-state index is -0.900. The summed E-state index contributed by atoms with van der Waals surface area (Å²) in [6.45, 7) is 0.814. The molecule has 8 nitrogen and oxygen atoms in total. The topological polar surface area (TPSA) is 98.2 Å². The number of ether oxygens (including phenoxy) is 3. The van der Waals surface area contributed by atoms with Gasteiger partial charge in [0.25, 0.3) is 5.78 Å². The molecule has 3 aromatic rings. The largest absolute Gasteiger partial charge is 0.507 e. The first-order chi connectivity index (χ1) is 16.1. The number of aliphatic hydroxyl groups is 1. The van der Waals surface area contributed by atoms with Crippen LogP contribution >= 0.6 is 0 Å². The Hall–Kier alpha value is -4.33. The Bertz CT molecular complexity index is 1270. The van der Waals surface area contributed by atoms with E-state index in [4.69, 9.17) is 14.2 Å². The third-order valence-electron chi connectivity index (χ3n) is 5.57. The van der Waals surface area contributed by atoms with Crippen LogP contribution in [0.2, 0.25) is 0 Å². The maximum atomic E-state index is 13.2. The lowest BCUT2D eigenvalue weighted by molar-refractivity contribution is -0.132. The summed E-state index contributed by atoms with van der Waals surface area (Å²) < 4.78 is 16.5.